The van der Waals surface area contributed by atoms with Crippen molar-refractivity contribution in [2.75, 3.05) is 4.72 Å². The lowest BCUT2D eigenvalue weighted by Gasteiger charge is -2.06. The Morgan fingerprint density at radius 3 is 2.32 bits per heavy atom. The molecular weight excluding hydrogens is 416 g/mol. The minimum absolute atomic E-state index is 0.254. The van der Waals surface area contributed by atoms with Crippen LogP contribution < -0.4 is 4.72 Å². The highest BCUT2D eigenvalue weighted by molar-refractivity contribution is 7.94. The van der Waals surface area contributed by atoms with Crippen LogP contribution in [0.3, 0.4) is 0 Å². The van der Waals surface area contributed by atoms with Crippen molar-refractivity contribution in [2.45, 2.75) is 25.0 Å². The molecule has 0 saturated carbocycles. The maximum atomic E-state index is 12.7. The molecule has 0 amide bonds. The molecule has 0 spiro atoms. The van der Waals surface area contributed by atoms with Crippen LogP contribution in [0.25, 0.3) is 21.2 Å². The third kappa shape index (κ3) is 3.71. The average Bonchev–Trinajstić information content (AvgIpc) is 3.35. The number of thiazole rings is 1. The second-order valence-corrected chi connectivity index (χ2v) is 10.3. The SMILES string of the molecule is Cc1noc(-c2ccc(NS(=O)(=O)c3ccc(-c4sc(C)nc4C)s3)cc2)n1. The van der Waals surface area contributed by atoms with Crippen molar-refractivity contribution in [3.8, 4) is 21.2 Å². The fourth-order valence-corrected chi connectivity index (χ4v) is 6.09. The molecule has 3 heterocycles. The number of aromatic nitrogens is 3. The van der Waals surface area contributed by atoms with Crippen LogP contribution in [0.2, 0.25) is 0 Å². The van der Waals surface area contributed by atoms with Crippen molar-refractivity contribution in [1.29, 1.82) is 0 Å². The molecule has 0 aliphatic heterocycles. The standard InChI is InChI=1S/C18H16N4O3S3/c1-10-17(26-12(3)19-10)15-8-9-16(27-15)28(23,24)22-14-6-4-13(5-7-14)18-20-11(2)21-25-18/h4-9,22H,1-3H3. The van der Waals surface area contributed by atoms with E-state index in [9.17, 15) is 8.42 Å². The summed E-state index contributed by atoms with van der Waals surface area (Å²) >= 11 is 2.79. The predicted molar refractivity (Wildman–Crippen MR) is 110 cm³/mol. The number of nitrogens with one attached hydrogen (secondary N) is 1. The van der Waals surface area contributed by atoms with Crippen molar-refractivity contribution in [2.24, 2.45) is 0 Å². The minimum Gasteiger partial charge on any atom is -0.334 e. The Hall–Kier alpha value is -2.56. The Morgan fingerprint density at radius 1 is 0.964 bits per heavy atom. The maximum absolute atomic E-state index is 12.7. The lowest BCUT2D eigenvalue weighted by Crippen LogP contribution is -2.11. The molecule has 0 atom stereocenters. The first-order valence-corrected chi connectivity index (χ1v) is 11.4. The molecule has 28 heavy (non-hydrogen) atoms. The van der Waals surface area contributed by atoms with Gasteiger partial charge in [0.25, 0.3) is 15.9 Å². The second kappa shape index (κ2) is 7.12. The highest BCUT2D eigenvalue weighted by Crippen LogP contribution is 2.37. The van der Waals surface area contributed by atoms with Crippen molar-refractivity contribution in [3.05, 3.63) is 52.9 Å². The predicted octanol–water partition coefficient (Wildman–Crippen LogP) is 4.65. The summed E-state index contributed by atoms with van der Waals surface area (Å²) in [5.74, 6) is 0.935. The summed E-state index contributed by atoms with van der Waals surface area (Å²) in [7, 11) is -3.68. The maximum Gasteiger partial charge on any atom is 0.271 e. The number of aryl methyl sites for hydroxylation is 3. The lowest BCUT2D eigenvalue weighted by atomic mass is 10.2. The van der Waals surface area contributed by atoms with Gasteiger partial charge in [-0.1, -0.05) is 5.16 Å². The van der Waals surface area contributed by atoms with Crippen LogP contribution in [0, 0.1) is 20.8 Å². The molecule has 0 bridgehead atoms. The van der Waals surface area contributed by atoms with Gasteiger partial charge in [-0.2, -0.15) is 4.98 Å². The first-order chi connectivity index (χ1) is 13.3. The fourth-order valence-electron chi connectivity index (χ4n) is 2.65. The van der Waals surface area contributed by atoms with Gasteiger partial charge in [-0.05, 0) is 57.2 Å². The summed E-state index contributed by atoms with van der Waals surface area (Å²) in [4.78, 5) is 10.5. The van der Waals surface area contributed by atoms with Gasteiger partial charge in [0.2, 0.25) is 0 Å². The van der Waals surface area contributed by atoms with Gasteiger partial charge in [0.1, 0.15) is 4.21 Å². The number of nitrogens with zero attached hydrogens (tertiary/aromatic N) is 3. The van der Waals surface area contributed by atoms with Crippen LogP contribution in [0.1, 0.15) is 16.5 Å². The Bertz CT molecular complexity index is 1240. The van der Waals surface area contributed by atoms with Crippen LogP contribution in [-0.4, -0.2) is 23.5 Å². The molecule has 1 N–H and O–H groups in total. The van der Waals surface area contributed by atoms with Crippen molar-refractivity contribution < 1.29 is 12.9 Å². The van der Waals surface area contributed by atoms with Gasteiger partial charge in [0.05, 0.1) is 15.6 Å². The van der Waals surface area contributed by atoms with E-state index >= 15 is 0 Å². The fraction of sp³-hybridized carbons (Fsp3) is 0.167. The van der Waals surface area contributed by atoms with Gasteiger partial charge in [0, 0.05) is 16.1 Å². The number of sulfonamides is 1. The minimum atomic E-state index is -3.68. The molecule has 0 aliphatic rings. The van der Waals surface area contributed by atoms with Gasteiger partial charge in [-0.3, -0.25) is 4.72 Å². The first kappa shape index (κ1) is 18.8. The zero-order valence-electron chi connectivity index (χ0n) is 15.3. The molecule has 4 rings (SSSR count). The van der Waals surface area contributed by atoms with E-state index in [4.69, 9.17) is 4.52 Å². The van der Waals surface area contributed by atoms with E-state index in [1.54, 1.807) is 48.6 Å². The average molecular weight is 433 g/mol. The highest BCUT2D eigenvalue weighted by atomic mass is 32.2. The lowest BCUT2D eigenvalue weighted by molar-refractivity contribution is 0.425. The molecule has 4 aromatic rings. The topological polar surface area (TPSA) is 98.0 Å². The quantitative estimate of drug-likeness (QED) is 0.493. The van der Waals surface area contributed by atoms with Crippen molar-refractivity contribution in [1.82, 2.24) is 15.1 Å². The monoisotopic (exact) mass is 432 g/mol. The highest BCUT2D eigenvalue weighted by Gasteiger charge is 2.19. The number of hydrogen-bond donors (Lipinski definition) is 1. The first-order valence-electron chi connectivity index (χ1n) is 8.29. The van der Waals surface area contributed by atoms with Crippen LogP contribution >= 0.6 is 22.7 Å². The molecule has 144 valence electrons. The smallest absolute Gasteiger partial charge is 0.271 e. The van der Waals surface area contributed by atoms with E-state index in [1.807, 2.05) is 19.9 Å². The van der Waals surface area contributed by atoms with Crippen LogP contribution in [0.15, 0.2) is 45.1 Å². The molecular formula is C18H16N4O3S3. The summed E-state index contributed by atoms with van der Waals surface area (Å²) in [5.41, 5.74) is 2.09. The molecule has 1 aromatic carbocycles. The summed E-state index contributed by atoms with van der Waals surface area (Å²) in [6.45, 7) is 5.60. The van der Waals surface area contributed by atoms with E-state index in [0.717, 1.165) is 26.0 Å². The van der Waals surface area contributed by atoms with Crippen molar-refractivity contribution in [3.63, 3.8) is 0 Å². The van der Waals surface area contributed by atoms with Crippen LogP contribution in [0.5, 0.6) is 0 Å². The van der Waals surface area contributed by atoms with E-state index < -0.39 is 10.0 Å². The summed E-state index contributed by atoms with van der Waals surface area (Å²) in [5, 5.41) is 4.71. The molecule has 0 aliphatic carbocycles. The molecule has 0 saturated heterocycles. The molecule has 0 unspecified atom stereocenters. The number of benzene rings is 1. The number of rotatable bonds is 5. The molecule has 0 fully saturated rings. The number of anilines is 1. The molecule has 10 heteroatoms. The van der Waals surface area contributed by atoms with Gasteiger partial charge in [-0.15, -0.1) is 22.7 Å². The van der Waals surface area contributed by atoms with E-state index in [-0.39, 0.29) is 4.21 Å². The van der Waals surface area contributed by atoms with E-state index in [0.29, 0.717) is 17.4 Å². The van der Waals surface area contributed by atoms with Gasteiger partial charge in [-0.25, -0.2) is 13.4 Å². The normalized spacial score (nSPS) is 11.7. The molecule has 7 nitrogen and oxygen atoms in total. The molecule has 0 radical (unpaired) electrons. The van der Waals surface area contributed by atoms with Crippen LogP contribution in [0.4, 0.5) is 5.69 Å². The summed E-state index contributed by atoms with van der Waals surface area (Å²) in [6, 6.07) is 10.2. The summed E-state index contributed by atoms with van der Waals surface area (Å²) in [6.07, 6.45) is 0. The van der Waals surface area contributed by atoms with E-state index in [2.05, 4.69) is 19.8 Å². The third-order valence-electron chi connectivity index (χ3n) is 3.89. The van der Waals surface area contributed by atoms with Gasteiger partial charge in [0.15, 0.2) is 5.82 Å². The molecule has 3 aromatic heterocycles. The number of thiophene rings is 1. The zero-order chi connectivity index (χ0) is 19.9. The van der Waals surface area contributed by atoms with Gasteiger partial charge < -0.3 is 4.52 Å². The van der Waals surface area contributed by atoms with Gasteiger partial charge >= 0.3 is 0 Å². The largest absolute Gasteiger partial charge is 0.334 e. The van der Waals surface area contributed by atoms with Crippen molar-refractivity contribution >= 4 is 38.4 Å². The van der Waals surface area contributed by atoms with E-state index in [1.165, 1.54) is 11.3 Å². The third-order valence-corrected chi connectivity index (χ3v) is 8.10. The Kier molecular flexibility index (Phi) is 4.77. The Morgan fingerprint density at radius 2 is 1.71 bits per heavy atom. The summed E-state index contributed by atoms with van der Waals surface area (Å²) < 4.78 is 33.5. The number of hydrogen-bond acceptors (Lipinski definition) is 8. The Labute approximate surface area is 170 Å². The second-order valence-electron chi connectivity index (χ2n) is 6.10. The Balaban J connectivity index is 1.55. The zero-order valence-corrected chi connectivity index (χ0v) is 17.7. The van der Waals surface area contributed by atoms with Crippen LogP contribution in [-0.2, 0) is 10.0 Å².